The van der Waals surface area contributed by atoms with Crippen LogP contribution in [0.25, 0.3) is 0 Å². The Morgan fingerprint density at radius 2 is 2.38 bits per heavy atom. The standard InChI is InChI=1S/C10H12N2O/c11-6-7-3-4-12-10-5-8(13)1-2-9(7)10/h1-2,4-5,7,13H,3,6,11H2. The third kappa shape index (κ3) is 1.42. The number of hydrogen-bond acceptors (Lipinski definition) is 3. The smallest absolute Gasteiger partial charge is 0.117 e. The van der Waals surface area contributed by atoms with Gasteiger partial charge in [0, 0.05) is 18.2 Å². The van der Waals surface area contributed by atoms with Gasteiger partial charge in [0.1, 0.15) is 5.75 Å². The van der Waals surface area contributed by atoms with E-state index in [1.165, 1.54) is 0 Å². The van der Waals surface area contributed by atoms with E-state index in [-0.39, 0.29) is 5.75 Å². The molecule has 0 bridgehead atoms. The first-order chi connectivity index (χ1) is 6.31. The molecule has 0 radical (unpaired) electrons. The van der Waals surface area contributed by atoms with Gasteiger partial charge in [-0.25, -0.2) is 0 Å². The van der Waals surface area contributed by atoms with E-state index in [4.69, 9.17) is 5.73 Å². The van der Waals surface area contributed by atoms with E-state index in [1.54, 1.807) is 12.1 Å². The molecule has 1 atom stereocenters. The van der Waals surface area contributed by atoms with Crippen LogP contribution >= 0.6 is 0 Å². The third-order valence-electron chi connectivity index (χ3n) is 2.36. The van der Waals surface area contributed by atoms with Crippen molar-refractivity contribution in [2.24, 2.45) is 10.7 Å². The van der Waals surface area contributed by atoms with Crippen LogP contribution in [0.4, 0.5) is 5.69 Å². The summed E-state index contributed by atoms with van der Waals surface area (Å²) in [4.78, 5) is 4.21. The van der Waals surface area contributed by atoms with Crippen molar-refractivity contribution >= 4 is 11.9 Å². The van der Waals surface area contributed by atoms with E-state index in [0.29, 0.717) is 12.5 Å². The molecule has 2 rings (SSSR count). The van der Waals surface area contributed by atoms with Crippen LogP contribution in [0.15, 0.2) is 23.2 Å². The van der Waals surface area contributed by atoms with Crippen molar-refractivity contribution in [1.29, 1.82) is 0 Å². The molecule has 0 saturated carbocycles. The van der Waals surface area contributed by atoms with Crippen molar-refractivity contribution < 1.29 is 5.11 Å². The second-order valence-corrected chi connectivity index (χ2v) is 3.22. The average molecular weight is 176 g/mol. The molecule has 3 heteroatoms. The quantitative estimate of drug-likeness (QED) is 0.681. The minimum absolute atomic E-state index is 0.258. The largest absolute Gasteiger partial charge is 0.508 e. The highest BCUT2D eigenvalue weighted by molar-refractivity contribution is 5.71. The molecule has 3 N–H and O–H groups in total. The second kappa shape index (κ2) is 3.18. The molecule has 3 nitrogen and oxygen atoms in total. The van der Waals surface area contributed by atoms with E-state index in [2.05, 4.69) is 4.99 Å². The summed E-state index contributed by atoms with van der Waals surface area (Å²) in [5, 5.41) is 9.24. The fourth-order valence-corrected chi connectivity index (χ4v) is 1.62. The number of aromatic hydroxyl groups is 1. The summed E-state index contributed by atoms with van der Waals surface area (Å²) in [6.45, 7) is 0.629. The highest BCUT2D eigenvalue weighted by Crippen LogP contribution is 2.34. The third-order valence-corrected chi connectivity index (χ3v) is 2.36. The second-order valence-electron chi connectivity index (χ2n) is 3.22. The molecular weight excluding hydrogens is 164 g/mol. The molecule has 1 aromatic carbocycles. The zero-order valence-corrected chi connectivity index (χ0v) is 7.27. The van der Waals surface area contributed by atoms with Gasteiger partial charge in [0.05, 0.1) is 5.69 Å². The SMILES string of the molecule is NCC1CC=Nc2cc(O)ccc21. The molecule has 0 saturated heterocycles. The maximum Gasteiger partial charge on any atom is 0.117 e. The van der Waals surface area contributed by atoms with E-state index in [9.17, 15) is 5.11 Å². The summed E-state index contributed by atoms with van der Waals surface area (Å²) in [5.74, 6) is 0.613. The molecule has 0 spiro atoms. The first kappa shape index (κ1) is 8.26. The first-order valence-corrected chi connectivity index (χ1v) is 4.37. The fraction of sp³-hybridized carbons (Fsp3) is 0.300. The zero-order chi connectivity index (χ0) is 9.26. The summed E-state index contributed by atoms with van der Waals surface area (Å²) >= 11 is 0. The van der Waals surface area contributed by atoms with Crippen LogP contribution in [-0.4, -0.2) is 17.9 Å². The Labute approximate surface area is 76.9 Å². The summed E-state index contributed by atoms with van der Waals surface area (Å²) < 4.78 is 0. The summed E-state index contributed by atoms with van der Waals surface area (Å²) in [7, 11) is 0. The molecule has 1 aromatic rings. The molecule has 0 fully saturated rings. The minimum atomic E-state index is 0.258. The number of rotatable bonds is 1. The topological polar surface area (TPSA) is 58.6 Å². The van der Waals surface area contributed by atoms with Crippen LogP contribution < -0.4 is 5.73 Å². The Morgan fingerprint density at radius 1 is 1.54 bits per heavy atom. The lowest BCUT2D eigenvalue weighted by molar-refractivity contribution is 0.475. The molecule has 0 aromatic heterocycles. The van der Waals surface area contributed by atoms with Crippen molar-refractivity contribution in [2.75, 3.05) is 6.54 Å². The lowest BCUT2D eigenvalue weighted by atomic mass is 9.93. The molecule has 1 aliphatic rings. The number of fused-ring (bicyclic) bond motifs is 1. The lowest BCUT2D eigenvalue weighted by Gasteiger charge is -2.18. The average Bonchev–Trinajstić information content (AvgIpc) is 2.16. The zero-order valence-electron chi connectivity index (χ0n) is 7.27. The number of benzene rings is 1. The van der Waals surface area contributed by atoms with Gasteiger partial charge in [-0.2, -0.15) is 0 Å². The van der Waals surface area contributed by atoms with Crippen molar-refractivity contribution in [3.05, 3.63) is 23.8 Å². The predicted octanol–water partition coefficient (Wildman–Crippen LogP) is 1.54. The van der Waals surface area contributed by atoms with Crippen molar-refractivity contribution in [1.82, 2.24) is 0 Å². The van der Waals surface area contributed by atoms with Gasteiger partial charge in [-0.1, -0.05) is 6.07 Å². The van der Waals surface area contributed by atoms with Crippen LogP contribution in [-0.2, 0) is 0 Å². The molecule has 0 aliphatic carbocycles. The Bertz CT molecular complexity index is 347. The highest BCUT2D eigenvalue weighted by Gasteiger charge is 2.16. The Hall–Kier alpha value is -1.35. The molecule has 13 heavy (non-hydrogen) atoms. The molecule has 1 heterocycles. The number of nitrogens with zero attached hydrogens (tertiary/aromatic N) is 1. The maximum absolute atomic E-state index is 9.24. The highest BCUT2D eigenvalue weighted by atomic mass is 16.3. The summed E-state index contributed by atoms with van der Waals surface area (Å²) in [6.07, 6.45) is 2.76. The minimum Gasteiger partial charge on any atom is -0.508 e. The van der Waals surface area contributed by atoms with Crippen LogP contribution in [0.2, 0.25) is 0 Å². The number of aliphatic imine (C=N–C) groups is 1. The van der Waals surface area contributed by atoms with E-state index in [1.807, 2.05) is 12.3 Å². The monoisotopic (exact) mass is 176 g/mol. The van der Waals surface area contributed by atoms with Crippen molar-refractivity contribution in [3.8, 4) is 5.75 Å². The summed E-state index contributed by atoms with van der Waals surface area (Å²) in [6, 6.07) is 5.26. The van der Waals surface area contributed by atoms with Gasteiger partial charge in [-0.3, -0.25) is 4.99 Å². The Balaban J connectivity index is 2.47. The number of nitrogens with two attached hydrogens (primary N) is 1. The van der Waals surface area contributed by atoms with Gasteiger partial charge in [0.2, 0.25) is 0 Å². The van der Waals surface area contributed by atoms with E-state index < -0.39 is 0 Å². The number of phenolic OH excluding ortho intramolecular Hbond substituents is 1. The predicted molar refractivity (Wildman–Crippen MR) is 52.7 cm³/mol. The molecule has 0 amide bonds. The summed E-state index contributed by atoms with van der Waals surface area (Å²) in [5.41, 5.74) is 7.62. The Kier molecular flexibility index (Phi) is 2.02. The molecule has 1 unspecified atom stereocenters. The number of phenols is 1. The molecule has 68 valence electrons. The van der Waals surface area contributed by atoms with Crippen molar-refractivity contribution in [3.63, 3.8) is 0 Å². The van der Waals surface area contributed by atoms with Crippen LogP contribution in [0.3, 0.4) is 0 Å². The first-order valence-electron chi connectivity index (χ1n) is 4.37. The fourth-order valence-electron chi connectivity index (χ4n) is 1.62. The number of hydrogen-bond donors (Lipinski definition) is 2. The molecule has 1 aliphatic heterocycles. The van der Waals surface area contributed by atoms with Gasteiger partial charge in [0.15, 0.2) is 0 Å². The lowest BCUT2D eigenvalue weighted by Crippen LogP contribution is -2.14. The van der Waals surface area contributed by atoms with Crippen LogP contribution in [0, 0.1) is 0 Å². The van der Waals surface area contributed by atoms with E-state index >= 15 is 0 Å². The van der Waals surface area contributed by atoms with Crippen molar-refractivity contribution in [2.45, 2.75) is 12.3 Å². The van der Waals surface area contributed by atoms with Crippen LogP contribution in [0.1, 0.15) is 17.9 Å². The van der Waals surface area contributed by atoms with Gasteiger partial charge >= 0.3 is 0 Å². The van der Waals surface area contributed by atoms with Gasteiger partial charge in [-0.15, -0.1) is 0 Å². The van der Waals surface area contributed by atoms with Gasteiger partial charge in [0.25, 0.3) is 0 Å². The normalized spacial score (nSPS) is 19.9. The maximum atomic E-state index is 9.24. The van der Waals surface area contributed by atoms with Crippen LogP contribution in [0.5, 0.6) is 5.75 Å². The Morgan fingerprint density at radius 3 is 3.15 bits per heavy atom. The van der Waals surface area contributed by atoms with Gasteiger partial charge in [-0.05, 0) is 24.6 Å². The molecular formula is C10H12N2O. The van der Waals surface area contributed by atoms with E-state index in [0.717, 1.165) is 17.7 Å². The van der Waals surface area contributed by atoms with Gasteiger partial charge < -0.3 is 10.8 Å².